The molecule has 20 heavy (non-hydrogen) atoms. The number of hydrogen-bond donors (Lipinski definition) is 1. The van der Waals surface area contributed by atoms with Gasteiger partial charge in [-0.05, 0) is 31.2 Å². The molecule has 0 aliphatic carbocycles. The highest BCUT2D eigenvalue weighted by atomic mass is 32.1. The van der Waals surface area contributed by atoms with Crippen LogP contribution in [0.4, 0.5) is 4.39 Å². The number of halogens is 1. The average Bonchev–Trinajstić information content (AvgIpc) is 2.86. The molecule has 1 aromatic heterocycles. The van der Waals surface area contributed by atoms with Gasteiger partial charge in [-0.3, -0.25) is 4.79 Å². The molecular weight excluding hydrogens is 277 g/mol. The van der Waals surface area contributed by atoms with Crippen molar-refractivity contribution in [2.24, 2.45) is 0 Å². The van der Waals surface area contributed by atoms with Gasteiger partial charge in [-0.1, -0.05) is 12.1 Å². The van der Waals surface area contributed by atoms with Gasteiger partial charge in [0, 0.05) is 23.4 Å². The molecule has 1 aromatic carbocycles. The van der Waals surface area contributed by atoms with Crippen molar-refractivity contribution >= 4 is 17.2 Å². The van der Waals surface area contributed by atoms with Crippen molar-refractivity contribution in [3.63, 3.8) is 0 Å². The number of carbonyl (C=O) groups is 1. The molecule has 0 aliphatic heterocycles. The SMILES string of the molecule is CO[C@H](CNC(=O)c1ccccc1F)c1ccc(C)s1. The van der Waals surface area contributed by atoms with Crippen molar-refractivity contribution in [3.05, 3.63) is 57.5 Å². The van der Waals surface area contributed by atoms with Crippen LogP contribution < -0.4 is 5.32 Å². The average molecular weight is 293 g/mol. The Kier molecular flexibility index (Phi) is 4.87. The Morgan fingerprint density at radius 2 is 2.10 bits per heavy atom. The number of nitrogens with one attached hydrogen (secondary N) is 1. The number of aryl methyl sites for hydroxylation is 1. The van der Waals surface area contributed by atoms with Crippen molar-refractivity contribution < 1.29 is 13.9 Å². The van der Waals surface area contributed by atoms with Gasteiger partial charge in [-0.2, -0.15) is 0 Å². The third-order valence-electron chi connectivity index (χ3n) is 2.93. The lowest BCUT2D eigenvalue weighted by molar-refractivity contribution is 0.0834. The van der Waals surface area contributed by atoms with Crippen LogP contribution in [0.15, 0.2) is 36.4 Å². The quantitative estimate of drug-likeness (QED) is 0.918. The molecule has 0 radical (unpaired) electrons. The van der Waals surface area contributed by atoms with E-state index in [-0.39, 0.29) is 11.7 Å². The van der Waals surface area contributed by atoms with Crippen molar-refractivity contribution in [2.75, 3.05) is 13.7 Å². The van der Waals surface area contributed by atoms with Gasteiger partial charge in [0.15, 0.2) is 0 Å². The highest BCUT2D eigenvalue weighted by Crippen LogP contribution is 2.24. The molecule has 0 aliphatic rings. The fraction of sp³-hybridized carbons (Fsp3) is 0.267. The Morgan fingerprint density at radius 1 is 1.35 bits per heavy atom. The summed E-state index contributed by atoms with van der Waals surface area (Å²) in [6.45, 7) is 2.32. The zero-order chi connectivity index (χ0) is 14.5. The molecule has 0 bridgehead atoms. The lowest BCUT2D eigenvalue weighted by Gasteiger charge is -2.14. The van der Waals surface area contributed by atoms with E-state index < -0.39 is 11.7 Å². The molecule has 0 spiro atoms. The number of carbonyl (C=O) groups excluding carboxylic acids is 1. The van der Waals surface area contributed by atoms with Crippen molar-refractivity contribution in [1.29, 1.82) is 0 Å². The lowest BCUT2D eigenvalue weighted by atomic mass is 10.2. The molecule has 5 heteroatoms. The second-order valence-electron chi connectivity index (χ2n) is 4.36. The predicted molar refractivity (Wildman–Crippen MR) is 77.5 cm³/mol. The standard InChI is InChI=1S/C15H16FNO2S/c1-10-7-8-14(20-10)13(19-2)9-17-15(18)11-5-3-4-6-12(11)16/h3-8,13H,9H2,1-2H3,(H,17,18)/t13-/m1/s1. The Balaban J connectivity index is 2.00. The molecule has 1 N–H and O–H groups in total. The van der Waals surface area contributed by atoms with E-state index in [0.717, 1.165) is 4.88 Å². The minimum absolute atomic E-state index is 0.0460. The van der Waals surface area contributed by atoms with Gasteiger partial charge >= 0.3 is 0 Å². The summed E-state index contributed by atoms with van der Waals surface area (Å²) in [5, 5.41) is 2.70. The first-order chi connectivity index (χ1) is 9.61. The Labute approximate surface area is 121 Å². The number of ether oxygens (including phenoxy) is 1. The van der Waals surface area contributed by atoms with Crippen LogP contribution in [0.5, 0.6) is 0 Å². The van der Waals surface area contributed by atoms with E-state index in [4.69, 9.17) is 4.74 Å². The third kappa shape index (κ3) is 3.43. The number of amides is 1. The van der Waals surface area contributed by atoms with Gasteiger partial charge in [0.25, 0.3) is 5.91 Å². The van der Waals surface area contributed by atoms with E-state index >= 15 is 0 Å². The number of rotatable bonds is 5. The summed E-state index contributed by atoms with van der Waals surface area (Å²) in [4.78, 5) is 14.1. The molecular formula is C15H16FNO2S. The second-order valence-corrected chi connectivity index (χ2v) is 5.68. The van der Waals surface area contributed by atoms with E-state index in [1.165, 1.54) is 17.0 Å². The summed E-state index contributed by atoms with van der Waals surface area (Å²) in [5.41, 5.74) is 0.0460. The molecule has 1 heterocycles. The molecule has 0 fully saturated rings. The molecule has 106 valence electrons. The molecule has 2 aromatic rings. The summed E-state index contributed by atoms with van der Waals surface area (Å²) in [5.74, 6) is -0.954. The molecule has 0 saturated heterocycles. The third-order valence-corrected chi connectivity index (χ3v) is 4.02. The number of hydrogen-bond acceptors (Lipinski definition) is 3. The summed E-state index contributed by atoms with van der Waals surface area (Å²) < 4.78 is 18.9. The first-order valence-corrected chi connectivity index (χ1v) is 7.05. The van der Waals surface area contributed by atoms with E-state index in [1.807, 2.05) is 19.1 Å². The predicted octanol–water partition coefficient (Wildman–Crippen LogP) is 3.31. The van der Waals surface area contributed by atoms with Gasteiger partial charge in [-0.15, -0.1) is 11.3 Å². The van der Waals surface area contributed by atoms with E-state index in [2.05, 4.69) is 5.32 Å². The molecule has 0 saturated carbocycles. The Bertz CT molecular complexity index is 597. The smallest absolute Gasteiger partial charge is 0.254 e. The Hall–Kier alpha value is -1.72. The molecule has 1 atom stereocenters. The fourth-order valence-corrected chi connectivity index (χ4v) is 2.81. The highest BCUT2D eigenvalue weighted by molar-refractivity contribution is 7.12. The number of thiophene rings is 1. The van der Waals surface area contributed by atoms with Crippen LogP contribution in [-0.2, 0) is 4.74 Å². The Morgan fingerprint density at radius 3 is 2.70 bits per heavy atom. The highest BCUT2D eigenvalue weighted by Gasteiger charge is 2.16. The zero-order valence-corrected chi connectivity index (χ0v) is 12.2. The van der Waals surface area contributed by atoms with Gasteiger partial charge in [0.2, 0.25) is 0 Å². The van der Waals surface area contributed by atoms with Crippen molar-refractivity contribution in [1.82, 2.24) is 5.32 Å². The molecule has 3 nitrogen and oxygen atoms in total. The maximum Gasteiger partial charge on any atom is 0.254 e. The first kappa shape index (κ1) is 14.7. The minimum atomic E-state index is -0.522. The number of methoxy groups -OCH3 is 1. The van der Waals surface area contributed by atoms with Gasteiger partial charge < -0.3 is 10.1 Å². The van der Waals surface area contributed by atoms with Crippen LogP contribution in [0, 0.1) is 12.7 Å². The van der Waals surface area contributed by atoms with Gasteiger partial charge in [-0.25, -0.2) is 4.39 Å². The number of benzene rings is 1. The van der Waals surface area contributed by atoms with Crippen molar-refractivity contribution in [2.45, 2.75) is 13.0 Å². The molecule has 0 unspecified atom stereocenters. The summed E-state index contributed by atoms with van der Waals surface area (Å²) in [7, 11) is 1.59. The van der Waals surface area contributed by atoms with Crippen LogP contribution >= 0.6 is 11.3 Å². The maximum absolute atomic E-state index is 13.5. The first-order valence-electron chi connectivity index (χ1n) is 6.23. The monoisotopic (exact) mass is 293 g/mol. The maximum atomic E-state index is 13.5. The summed E-state index contributed by atoms with van der Waals surface area (Å²) in [6.07, 6.45) is -0.218. The van der Waals surface area contributed by atoms with E-state index in [9.17, 15) is 9.18 Å². The van der Waals surface area contributed by atoms with Crippen LogP contribution in [-0.4, -0.2) is 19.6 Å². The van der Waals surface area contributed by atoms with Gasteiger partial charge in [0.05, 0.1) is 5.56 Å². The molecule has 1 amide bonds. The zero-order valence-electron chi connectivity index (χ0n) is 11.4. The van der Waals surface area contributed by atoms with Gasteiger partial charge in [0.1, 0.15) is 11.9 Å². The minimum Gasteiger partial charge on any atom is -0.374 e. The fourth-order valence-electron chi connectivity index (χ4n) is 1.85. The largest absolute Gasteiger partial charge is 0.374 e. The lowest BCUT2D eigenvalue weighted by Crippen LogP contribution is -2.29. The normalized spacial score (nSPS) is 12.2. The van der Waals surface area contributed by atoms with Crippen LogP contribution in [0.25, 0.3) is 0 Å². The van der Waals surface area contributed by atoms with E-state index in [0.29, 0.717) is 6.54 Å². The van der Waals surface area contributed by atoms with Crippen molar-refractivity contribution in [3.8, 4) is 0 Å². The van der Waals surface area contributed by atoms with Crippen LogP contribution in [0.2, 0.25) is 0 Å². The van der Waals surface area contributed by atoms with E-state index in [1.54, 1.807) is 30.6 Å². The second kappa shape index (κ2) is 6.63. The summed E-state index contributed by atoms with van der Waals surface area (Å²) >= 11 is 1.62. The topological polar surface area (TPSA) is 38.3 Å². The van der Waals surface area contributed by atoms with Crippen LogP contribution in [0.1, 0.15) is 26.2 Å². The molecule has 2 rings (SSSR count). The van der Waals surface area contributed by atoms with Crippen LogP contribution in [0.3, 0.4) is 0 Å². The summed E-state index contributed by atoms with van der Waals surface area (Å²) in [6, 6.07) is 9.90.